The van der Waals surface area contributed by atoms with Crippen LogP contribution < -0.4 is 0 Å². The van der Waals surface area contributed by atoms with Crippen molar-refractivity contribution >= 4 is 23.6 Å². The van der Waals surface area contributed by atoms with E-state index < -0.39 is 0 Å². The van der Waals surface area contributed by atoms with E-state index in [-0.39, 0.29) is 11.7 Å². The molecule has 1 aliphatic rings. The van der Waals surface area contributed by atoms with Crippen LogP contribution in [0.15, 0.2) is 76.2 Å². The van der Waals surface area contributed by atoms with Crippen LogP contribution in [0.2, 0.25) is 0 Å². The largest absolute Gasteiger partial charge is 0.371 e. The summed E-state index contributed by atoms with van der Waals surface area (Å²) in [5.41, 5.74) is 2.43. The van der Waals surface area contributed by atoms with Gasteiger partial charge in [-0.15, -0.1) is 0 Å². The summed E-state index contributed by atoms with van der Waals surface area (Å²) in [5, 5.41) is 10.7. The van der Waals surface area contributed by atoms with E-state index in [1.54, 1.807) is 11.8 Å². The quantitative estimate of drug-likeness (QED) is 0.707. The van der Waals surface area contributed by atoms with Crippen LogP contribution in [0.1, 0.15) is 22.3 Å². The third-order valence-corrected chi connectivity index (χ3v) is 5.67. The molecule has 2 aromatic rings. The van der Waals surface area contributed by atoms with Crippen molar-refractivity contribution in [3.05, 3.63) is 87.3 Å². The minimum atomic E-state index is -0.199. The summed E-state index contributed by atoms with van der Waals surface area (Å²) in [7, 11) is 3.86. The molecule has 0 fully saturated rings. The lowest BCUT2D eigenvalue weighted by Gasteiger charge is -2.12. The summed E-state index contributed by atoms with van der Waals surface area (Å²) in [6.07, 6.45) is 2.39. The lowest BCUT2D eigenvalue weighted by Crippen LogP contribution is -2.12. The first kappa shape index (κ1) is 18.0. The Hall–Kier alpha value is -2.77. The number of carbonyl (C=O) groups excluding carboxylic acids is 1. The predicted octanol–water partition coefficient (Wildman–Crippen LogP) is 4.96. The number of hydrogen-bond acceptors (Lipinski definition) is 4. The zero-order valence-electron chi connectivity index (χ0n) is 14.8. The molecule has 26 heavy (non-hydrogen) atoms. The highest BCUT2D eigenvalue weighted by Gasteiger charge is 2.34. The highest BCUT2D eigenvalue weighted by Crippen LogP contribution is 2.48. The predicted molar refractivity (Wildman–Crippen MR) is 107 cm³/mol. The number of Topliss-reactive ketones (excluding diaryl/α,β-unsaturated/α-hetero) is 1. The number of nitriles is 1. The van der Waals surface area contributed by atoms with Crippen molar-refractivity contribution in [2.75, 3.05) is 14.1 Å². The number of carbonyl (C=O) groups is 1. The molecule has 0 bridgehead atoms. The van der Waals surface area contributed by atoms with Crippen LogP contribution in [-0.4, -0.2) is 24.8 Å². The van der Waals surface area contributed by atoms with Crippen molar-refractivity contribution in [2.24, 2.45) is 5.92 Å². The fourth-order valence-electron chi connectivity index (χ4n) is 2.96. The maximum atomic E-state index is 12.8. The standard InChI is InChI=1S/C22H20N2OS/c1-24(2)22-19(15-23)18(14-20(25)17-11-7-4-8-12-17)21(26-22)13-16-9-5-3-6-10-16/h3-13,18H,14H2,1-2H3. The molecule has 0 amide bonds. The number of ketones is 1. The molecule has 1 aliphatic heterocycles. The molecular weight excluding hydrogens is 340 g/mol. The van der Waals surface area contributed by atoms with Gasteiger partial charge in [0, 0.05) is 36.9 Å². The molecule has 130 valence electrons. The molecule has 4 heteroatoms. The molecule has 3 nitrogen and oxygen atoms in total. The second-order valence-electron chi connectivity index (χ2n) is 6.33. The third kappa shape index (κ3) is 3.89. The van der Waals surface area contributed by atoms with Crippen LogP contribution in [-0.2, 0) is 0 Å². The summed E-state index contributed by atoms with van der Waals surface area (Å²) in [6, 6.07) is 21.6. The number of allylic oxidation sites excluding steroid dienone is 2. The molecule has 0 aromatic heterocycles. The fourth-order valence-corrected chi connectivity index (χ4v) is 4.20. The fraction of sp³-hybridized carbons (Fsp3) is 0.182. The Balaban J connectivity index is 1.96. The van der Waals surface area contributed by atoms with E-state index in [0.717, 1.165) is 15.5 Å². The first-order valence-electron chi connectivity index (χ1n) is 8.44. The van der Waals surface area contributed by atoms with Gasteiger partial charge in [-0.3, -0.25) is 4.79 Å². The molecule has 0 N–H and O–H groups in total. The van der Waals surface area contributed by atoms with E-state index in [1.807, 2.05) is 79.7 Å². The highest BCUT2D eigenvalue weighted by atomic mass is 32.2. The van der Waals surface area contributed by atoms with E-state index in [1.165, 1.54) is 0 Å². The molecule has 0 spiro atoms. The highest BCUT2D eigenvalue weighted by molar-refractivity contribution is 8.07. The van der Waals surface area contributed by atoms with Gasteiger partial charge in [0.2, 0.25) is 0 Å². The molecule has 2 aromatic carbocycles. The molecule has 1 atom stereocenters. The molecule has 0 saturated carbocycles. The van der Waals surface area contributed by atoms with E-state index >= 15 is 0 Å². The molecule has 1 unspecified atom stereocenters. The second-order valence-corrected chi connectivity index (χ2v) is 7.39. The van der Waals surface area contributed by atoms with Gasteiger partial charge < -0.3 is 4.90 Å². The summed E-state index contributed by atoms with van der Waals surface area (Å²) in [5.74, 6) is -0.141. The number of hydrogen-bond donors (Lipinski definition) is 0. The van der Waals surface area contributed by atoms with Crippen molar-refractivity contribution in [3.8, 4) is 6.07 Å². The minimum absolute atomic E-state index is 0.0583. The topological polar surface area (TPSA) is 44.1 Å². The lowest BCUT2D eigenvalue weighted by atomic mass is 9.91. The van der Waals surface area contributed by atoms with Gasteiger partial charge >= 0.3 is 0 Å². The van der Waals surface area contributed by atoms with Crippen molar-refractivity contribution in [3.63, 3.8) is 0 Å². The monoisotopic (exact) mass is 360 g/mol. The van der Waals surface area contributed by atoms with Gasteiger partial charge in [-0.05, 0) is 11.6 Å². The van der Waals surface area contributed by atoms with E-state index in [4.69, 9.17) is 0 Å². The molecular formula is C22H20N2OS. The Bertz CT molecular complexity index is 893. The first-order chi connectivity index (χ1) is 12.6. The number of benzene rings is 2. The zero-order chi connectivity index (χ0) is 18.5. The molecule has 0 aliphatic carbocycles. The first-order valence-corrected chi connectivity index (χ1v) is 9.26. The number of thioether (sulfide) groups is 1. The summed E-state index contributed by atoms with van der Waals surface area (Å²) >= 11 is 1.58. The molecule has 0 radical (unpaired) electrons. The normalized spacial score (nSPS) is 18.0. The smallest absolute Gasteiger partial charge is 0.163 e. The Kier molecular flexibility index (Phi) is 5.60. The summed E-state index contributed by atoms with van der Waals surface area (Å²) in [6.45, 7) is 0. The van der Waals surface area contributed by atoms with Gasteiger partial charge in [0.25, 0.3) is 0 Å². The van der Waals surface area contributed by atoms with Gasteiger partial charge in [0.1, 0.15) is 0 Å². The van der Waals surface area contributed by atoms with E-state index in [2.05, 4.69) is 12.1 Å². The molecule has 1 heterocycles. The number of rotatable bonds is 5. The SMILES string of the molecule is CN(C)C1=C(C#N)C(CC(=O)c2ccccc2)C(=Cc2ccccc2)S1. The maximum absolute atomic E-state index is 12.8. The van der Waals surface area contributed by atoms with Gasteiger partial charge in [-0.1, -0.05) is 72.4 Å². The van der Waals surface area contributed by atoms with Crippen molar-refractivity contribution < 1.29 is 4.79 Å². The Morgan fingerprint density at radius 1 is 1.12 bits per heavy atom. The number of nitrogens with zero attached hydrogens (tertiary/aromatic N) is 2. The third-order valence-electron chi connectivity index (χ3n) is 4.26. The van der Waals surface area contributed by atoms with Gasteiger partial charge in [0.15, 0.2) is 5.78 Å². The average Bonchev–Trinajstić information content (AvgIpc) is 3.00. The maximum Gasteiger partial charge on any atom is 0.163 e. The second kappa shape index (κ2) is 8.07. The van der Waals surface area contributed by atoms with Crippen molar-refractivity contribution in [2.45, 2.75) is 6.42 Å². The minimum Gasteiger partial charge on any atom is -0.371 e. The average molecular weight is 360 g/mol. The van der Waals surface area contributed by atoms with Crippen molar-refractivity contribution in [1.29, 1.82) is 5.26 Å². The molecule has 0 saturated heterocycles. The summed E-state index contributed by atoms with van der Waals surface area (Å²) in [4.78, 5) is 15.8. The van der Waals surface area contributed by atoms with E-state index in [0.29, 0.717) is 17.6 Å². The van der Waals surface area contributed by atoms with Crippen LogP contribution in [0.4, 0.5) is 0 Å². The van der Waals surface area contributed by atoms with E-state index in [9.17, 15) is 10.1 Å². The summed E-state index contributed by atoms with van der Waals surface area (Å²) < 4.78 is 0. The van der Waals surface area contributed by atoms with Gasteiger partial charge in [0.05, 0.1) is 16.7 Å². The van der Waals surface area contributed by atoms with Crippen LogP contribution in [0.5, 0.6) is 0 Å². The molecule has 3 rings (SSSR count). The lowest BCUT2D eigenvalue weighted by molar-refractivity contribution is 0.0974. The van der Waals surface area contributed by atoms with Crippen LogP contribution >= 0.6 is 11.8 Å². The van der Waals surface area contributed by atoms with Crippen LogP contribution in [0, 0.1) is 17.2 Å². The zero-order valence-corrected chi connectivity index (χ0v) is 15.7. The van der Waals surface area contributed by atoms with Crippen LogP contribution in [0.25, 0.3) is 6.08 Å². The Labute approximate surface area is 158 Å². The van der Waals surface area contributed by atoms with Gasteiger partial charge in [-0.2, -0.15) is 5.26 Å². The van der Waals surface area contributed by atoms with Gasteiger partial charge in [-0.25, -0.2) is 0 Å². The Morgan fingerprint density at radius 3 is 2.31 bits per heavy atom. The van der Waals surface area contributed by atoms with Crippen molar-refractivity contribution in [1.82, 2.24) is 4.90 Å². The van der Waals surface area contributed by atoms with Crippen LogP contribution in [0.3, 0.4) is 0 Å². The Morgan fingerprint density at radius 2 is 1.73 bits per heavy atom.